The second-order valence-electron chi connectivity index (χ2n) is 7.47. The second-order valence-corrected chi connectivity index (χ2v) is 8.21. The first-order valence-electron chi connectivity index (χ1n) is 8.30. The number of hydrogen-bond acceptors (Lipinski definition) is 3. The standard InChI is InChI=1S/C19H24N2S/c1-17(2)18(12-13-22-3)15-10-7-11-16(15)19(17,21-20-18)14-8-5-4-6-9-14/h4-6,8-9,12-13,15-16H,7,10-11H2,1-3H3/b13-12+/t15-,16+,18+,19+/m1/s1. The first-order valence-corrected chi connectivity index (χ1v) is 9.59. The van der Waals surface area contributed by atoms with Crippen LogP contribution in [-0.2, 0) is 5.54 Å². The van der Waals surface area contributed by atoms with E-state index in [2.05, 4.69) is 61.9 Å². The molecule has 0 N–H and O–H groups in total. The summed E-state index contributed by atoms with van der Waals surface area (Å²) in [5, 5.41) is 12.2. The van der Waals surface area contributed by atoms with Crippen molar-refractivity contribution in [3.63, 3.8) is 0 Å². The molecule has 2 bridgehead atoms. The summed E-state index contributed by atoms with van der Waals surface area (Å²) in [6.07, 6.45) is 8.39. The van der Waals surface area contributed by atoms with Gasteiger partial charge in [-0.15, -0.1) is 11.8 Å². The molecule has 2 aliphatic carbocycles. The predicted molar refractivity (Wildman–Crippen MR) is 93.0 cm³/mol. The molecule has 116 valence electrons. The largest absolute Gasteiger partial charge is 0.181 e. The quantitative estimate of drug-likeness (QED) is 0.731. The van der Waals surface area contributed by atoms with Crippen LogP contribution in [-0.4, -0.2) is 11.8 Å². The van der Waals surface area contributed by atoms with Crippen LogP contribution in [0.2, 0.25) is 0 Å². The summed E-state index contributed by atoms with van der Waals surface area (Å²) in [4.78, 5) is 0. The molecule has 3 aliphatic rings. The molecule has 1 aromatic rings. The van der Waals surface area contributed by atoms with E-state index in [-0.39, 0.29) is 16.5 Å². The molecule has 0 radical (unpaired) electrons. The van der Waals surface area contributed by atoms with Gasteiger partial charge in [0.2, 0.25) is 0 Å². The van der Waals surface area contributed by atoms with Gasteiger partial charge < -0.3 is 0 Å². The zero-order valence-electron chi connectivity index (χ0n) is 13.6. The van der Waals surface area contributed by atoms with E-state index in [0.717, 1.165) is 0 Å². The van der Waals surface area contributed by atoms with E-state index < -0.39 is 0 Å². The Morgan fingerprint density at radius 1 is 1.09 bits per heavy atom. The predicted octanol–water partition coefficient (Wildman–Crippen LogP) is 5.42. The molecule has 2 saturated carbocycles. The van der Waals surface area contributed by atoms with Crippen molar-refractivity contribution in [2.75, 3.05) is 6.26 Å². The van der Waals surface area contributed by atoms with Gasteiger partial charge in [-0.3, -0.25) is 0 Å². The van der Waals surface area contributed by atoms with E-state index in [1.54, 1.807) is 11.8 Å². The van der Waals surface area contributed by atoms with Crippen LogP contribution in [0, 0.1) is 17.3 Å². The Morgan fingerprint density at radius 3 is 2.55 bits per heavy atom. The van der Waals surface area contributed by atoms with Crippen molar-refractivity contribution in [2.24, 2.45) is 27.5 Å². The Kier molecular flexibility index (Phi) is 3.10. The summed E-state index contributed by atoms with van der Waals surface area (Å²) in [5.41, 5.74) is 1.13. The van der Waals surface area contributed by atoms with E-state index in [1.165, 1.54) is 24.8 Å². The monoisotopic (exact) mass is 312 g/mol. The zero-order chi connectivity index (χ0) is 15.4. The van der Waals surface area contributed by atoms with Gasteiger partial charge in [-0.25, -0.2) is 0 Å². The topological polar surface area (TPSA) is 24.7 Å². The Balaban J connectivity index is 1.94. The van der Waals surface area contributed by atoms with E-state index in [0.29, 0.717) is 11.8 Å². The lowest BCUT2D eigenvalue weighted by Gasteiger charge is -2.40. The van der Waals surface area contributed by atoms with Crippen LogP contribution < -0.4 is 0 Å². The van der Waals surface area contributed by atoms with E-state index in [4.69, 9.17) is 10.2 Å². The van der Waals surface area contributed by atoms with Gasteiger partial charge in [-0.2, -0.15) is 10.2 Å². The molecule has 0 aromatic heterocycles. The van der Waals surface area contributed by atoms with Crippen LogP contribution in [0.5, 0.6) is 0 Å². The van der Waals surface area contributed by atoms with Gasteiger partial charge in [-0.05, 0) is 48.0 Å². The third kappa shape index (κ3) is 1.44. The van der Waals surface area contributed by atoms with E-state index >= 15 is 0 Å². The van der Waals surface area contributed by atoms with Crippen molar-refractivity contribution in [1.82, 2.24) is 0 Å². The maximum Gasteiger partial charge on any atom is 0.117 e. The van der Waals surface area contributed by atoms with Crippen molar-refractivity contribution in [2.45, 2.75) is 44.2 Å². The Bertz CT molecular complexity index is 636. The van der Waals surface area contributed by atoms with Gasteiger partial charge in [0.05, 0.1) is 0 Å². The van der Waals surface area contributed by atoms with Crippen molar-refractivity contribution in [3.05, 3.63) is 47.4 Å². The number of azo groups is 1. The smallest absolute Gasteiger partial charge is 0.117 e. The minimum absolute atomic E-state index is 0.0311. The van der Waals surface area contributed by atoms with Crippen molar-refractivity contribution in [1.29, 1.82) is 0 Å². The highest BCUT2D eigenvalue weighted by Crippen LogP contribution is 2.74. The first kappa shape index (κ1) is 14.5. The Hall–Kier alpha value is -1.09. The molecule has 2 nitrogen and oxygen atoms in total. The highest BCUT2D eigenvalue weighted by molar-refractivity contribution is 8.01. The molecule has 3 heteroatoms. The van der Waals surface area contributed by atoms with Crippen LogP contribution in [0.15, 0.2) is 52.0 Å². The van der Waals surface area contributed by atoms with Crippen LogP contribution in [0.4, 0.5) is 0 Å². The highest BCUT2D eigenvalue weighted by atomic mass is 32.2. The molecular formula is C19H24N2S. The van der Waals surface area contributed by atoms with Gasteiger partial charge >= 0.3 is 0 Å². The SMILES string of the molecule is CS/C=C/[C@]12N=N[C@@](c3ccccc3)([C@H]3CCC[C@H]31)C2(C)C. The zero-order valence-corrected chi connectivity index (χ0v) is 14.4. The lowest BCUT2D eigenvalue weighted by atomic mass is 9.63. The second kappa shape index (κ2) is 4.70. The molecule has 1 aromatic carbocycles. The molecule has 0 amide bonds. The lowest BCUT2D eigenvalue weighted by molar-refractivity contribution is 0.164. The normalized spacial score (nSPS) is 41.4. The number of fused-ring (bicyclic) bond motifs is 5. The maximum atomic E-state index is 4.99. The minimum Gasteiger partial charge on any atom is -0.181 e. The van der Waals surface area contributed by atoms with Crippen molar-refractivity contribution >= 4 is 11.8 Å². The third-order valence-electron chi connectivity index (χ3n) is 6.62. The van der Waals surface area contributed by atoms with Crippen LogP contribution >= 0.6 is 11.8 Å². The fourth-order valence-corrected chi connectivity index (χ4v) is 5.98. The number of rotatable bonds is 3. The molecule has 4 atom stereocenters. The molecule has 1 aliphatic heterocycles. The molecule has 0 unspecified atom stereocenters. The highest BCUT2D eigenvalue weighted by Gasteiger charge is 2.76. The number of benzene rings is 1. The van der Waals surface area contributed by atoms with Crippen molar-refractivity contribution in [3.8, 4) is 0 Å². The number of nitrogens with zero attached hydrogens (tertiary/aromatic N) is 2. The van der Waals surface area contributed by atoms with Gasteiger partial charge in [0.25, 0.3) is 0 Å². The van der Waals surface area contributed by atoms with E-state index in [1.807, 2.05) is 0 Å². The van der Waals surface area contributed by atoms with Gasteiger partial charge in [0.1, 0.15) is 11.1 Å². The Morgan fingerprint density at radius 2 is 1.82 bits per heavy atom. The summed E-state index contributed by atoms with van der Waals surface area (Å²) in [7, 11) is 0. The molecule has 1 heterocycles. The summed E-state index contributed by atoms with van der Waals surface area (Å²) in [6.45, 7) is 4.78. The lowest BCUT2D eigenvalue weighted by Crippen LogP contribution is -2.45. The van der Waals surface area contributed by atoms with Crippen molar-refractivity contribution < 1.29 is 0 Å². The first-order chi connectivity index (χ1) is 10.6. The van der Waals surface area contributed by atoms with E-state index in [9.17, 15) is 0 Å². The molecule has 4 rings (SSSR count). The summed E-state index contributed by atoms with van der Waals surface area (Å²) < 4.78 is 0. The number of thioether (sulfide) groups is 1. The summed E-state index contributed by atoms with van der Waals surface area (Å²) >= 11 is 1.77. The number of hydrogen-bond donors (Lipinski definition) is 0. The average molecular weight is 312 g/mol. The fraction of sp³-hybridized carbons (Fsp3) is 0.579. The summed E-state index contributed by atoms with van der Waals surface area (Å²) in [5.74, 6) is 1.28. The average Bonchev–Trinajstić information content (AvgIpc) is 3.14. The molecule has 2 fully saturated rings. The maximum absolute atomic E-state index is 4.99. The van der Waals surface area contributed by atoms with Crippen LogP contribution in [0.3, 0.4) is 0 Å². The molecule has 0 saturated heterocycles. The molecular weight excluding hydrogens is 288 g/mol. The van der Waals surface area contributed by atoms with Gasteiger partial charge in [0.15, 0.2) is 0 Å². The third-order valence-corrected chi connectivity index (χ3v) is 7.03. The van der Waals surface area contributed by atoms with Gasteiger partial charge in [0, 0.05) is 5.41 Å². The summed E-state index contributed by atoms with van der Waals surface area (Å²) in [6, 6.07) is 10.9. The molecule has 22 heavy (non-hydrogen) atoms. The Labute approximate surface area is 137 Å². The van der Waals surface area contributed by atoms with Crippen LogP contribution in [0.25, 0.3) is 0 Å². The molecule has 0 spiro atoms. The van der Waals surface area contributed by atoms with Gasteiger partial charge in [-0.1, -0.05) is 50.6 Å². The fourth-order valence-electron chi connectivity index (χ4n) is 5.64. The minimum atomic E-state index is -0.141. The van der Waals surface area contributed by atoms with Crippen LogP contribution in [0.1, 0.15) is 38.7 Å².